The molecule has 3 nitrogen and oxygen atoms in total. The van der Waals surface area contributed by atoms with Crippen molar-refractivity contribution in [3.8, 4) is 0 Å². The third kappa shape index (κ3) is 3.45. The van der Waals surface area contributed by atoms with Crippen molar-refractivity contribution in [1.29, 1.82) is 0 Å². The van der Waals surface area contributed by atoms with Crippen LogP contribution in [-0.4, -0.2) is 31.1 Å². The summed E-state index contributed by atoms with van der Waals surface area (Å²) in [5, 5.41) is 9.71. The highest BCUT2D eigenvalue weighted by atomic mass is 32.2. The molecule has 3 unspecified atom stereocenters. The zero-order valence-electron chi connectivity index (χ0n) is 9.81. The Balaban J connectivity index is 2.64. The Labute approximate surface area is 92.8 Å². The second kappa shape index (κ2) is 4.83. The van der Waals surface area contributed by atoms with E-state index in [4.69, 9.17) is 0 Å². The summed E-state index contributed by atoms with van der Waals surface area (Å²) < 4.78 is 22.9. The standard InChI is InChI=1S/C11H22O3S/c1-8(2)11(12)9-5-4-6-10(7-9)15(3,13)14/h8-12H,4-7H2,1-3H3. The van der Waals surface area contributed by atoms with Crippen LogP contribution in [-0.2, 0) is 9.84 Å². The molecule has 15 heavy (non-hydrogen) atoms. The van der Waals surface area contributed by atoms with E-state index in [0.29, 0.717) is 6.42 Å². The average Bonchev–Trinajstić information content (AvgIpc) is 2.15. The van der Waals surface area contributed by atoms with Gasteiger partial charge in [-0.25, -0.2) is 8.42 Å². The van der Waals surface area contributed by atoms with Crippen molar-refractivity contribution >= 4 is 9.84 Å². The Morgan fingerprint density at radius 3 is 2.33 bits per heavy atom. The number of aliphatic hydroxyl groups excluding tert-OH is 1. The molecule has 0 aromatic carbocycles. The Bertz CT molecular complexity index is 295. The minimum absolute atomic E-state index is 0.165. The molecule has 4 heteroatoms. The van der Waals surface area contributed by atoms with Crippen LogP contribution in [0.4, 0.5) is 0 Å². The molecule has 1 rings (SSSR count). The molecule has 0 radical (unpaired) electrons. The molecule has 90 valence electrons. The van der Waals surface area contributed by atoms with Gasteiger partial charge < -0.3 is 5.11 Å². The van der Waals surface area contributed by atoms with Gasteiger partial charge in [-0.05, 0) is 31.1 Å². The van der Waals surface area contributed by atoms with Gasteiger partial charge in [0.25, 0.3) is 0 Å². The van der Waals surface area contributed by atoms with Crippen LogP contribution < -0.4 is 0 Å². The van der Waals surface area contributed by atoms with Crippen LogP contribution in [0, 0.1) is 11.8 Å². The van der Waals surface area contributed by atoms with E-state index in [2.05, 4.69) is 0 Å². The minimum atomic E-state index is -2.93. The summed E-state index contributed by atoms with van der Waals surface area (Å²) in [5.41, 5.74) is 0. The van der Waals surface area contributed by atoms with Gasteiger partial charge in [-0.1, -0.05) is 20.3 Å². The quantitative estimate of drug-likeness (QED) is 0.807. The summed E-state index contributed by atoms with van der Waals surface area (Å²) in [7, 11) is -2.93. The first-order chi connectivity index (χ1) is 6.82. The van der Waals surface area contributed by atoms with E-state index < -0.39 is 9.84 Å². The molecule has 0 bridgehead atoms. The number of hydrogen-bond acceptors (Lipinski definition) is 3. The van der Waals surface area contributed by atoms with Crippen LogP contribution >= 0.6 is 0 Å². The molecule has 0 heterocycles. The first kappa shape index (κ1) is 13.0. The number of rotatable bonds is 3. The SMILES string of the molecule is CC(C)C(O)C1CCCC(S(C)(=O)=O)C1. The fourth-order valence-corrected chi connectivity index (χ4v) is 3.62. The van der Waals surface area contributed by atoms with Crippen LogP contribution in [0.1, 0.15) is 39.5 Å². The second-order valence-corrected chi connectivity index (χ2v) is 7.44. The highest BCUT2D eigenvalue weighted by Crippen LogP contribution is 2.32. The third-order valence-corrected chi connectivity index (χ3v) is 5.08. The van der Waals surface area contributed by atoms with Crippen LogP contribution in [0.25, 0.3) is 0 Å². The molecular formula is C11H22O3S. The highest BCUT2D eigenvalue weighted by Gasteiger charge is 2.33. The van der Waals surface area contributed by atoms with E-state index in [0.717, 1.165) is 19.3 Å². The number of hydrogen-bond donors (Lipinski definition) is 1. The topological polar surface area (TPSA) is 54.4 Å². The lowest BCUT2D eigenvalue weighted by Crippen LogP contribution is -2.35. The van der Waals surface area contributed by atoms with Gasteiger partial charge in [-0.15, -0.1) is 0 Å². The van der Waals surface area contributed by atoms with Crippen molar-refractivity contribution in [2.24, 2.45) is 11.8 Å². The van der Waals surface area contributed by atoms with Crippen molar-refractivity contribution in [1.82, 2.24) is 0 Å². The lowest BCUT2D eigenvalue weighted by molar-refractivity contribution is 0.0470. The maximum atomic E-state index is 11.4. The van der Waals surface area contributed by atoms with Crippen molar-refractivity contribution < 1.29 is 13.5 Å². The highest BCUT2D eigenvalue weighted by molar-refractivity contribution is 7.91. The summed E-state index contributed by atoms with van der Waals surface area (Å²) in [6.45, 7) is 3.96. The first-order valence-electron chi connectivity index (χ1n) is 5.69. The van der Waals surface area contributed by atoms with Gasteiger partial charge in [-0.2, -0.15) is 0 Å². The van der Waals surface area contributed by atoms with E-state index in [1.807, 2.05) is 13.8 Å². The fraction of sp³-hybridized carbons (Fsp3) is 1.00. The normalized spacial score (nSPS) is 30.5. The summed E-state index contributed by atoms with van der Waals surface area (Å²) in [6.07, 6.45) is 4.24. The fourth-order valence-electron chi connectivity index (χ4n) is 2.42. The van der Waals surface area contributed by atoms with E-state index in [1.165, 1.54) is 6.26 Å². The maximum absolute atomic E-state index is 11.4. The largest absolute Gasteiger partial charge is 0.393 e. The summed E-state index contributed by atoms with van der Waals surface area (Å²) in [5.74, 6) is 0.381. The molecule has 0 aliphatic heterocycles. The van der Waals surface area contributed by atoms with E-state index in [1.54, 1.807) is 0 Å². The van der Waals surface area contributed by atoms with E-state index >= 15 is 0 Å². The van der Waals surface area contributed by atoms with Gasteiger partial charge >= 0.3 is 0 Å². The number of sulfone groups is 1. The molecule has 0 aromatic rings. The second-order valence-electron chi connectivity index (χ2n) is 5.11. The summed E-state index contributed by atoms with van der Waals surface area (Å²) in [6, 6.07) is 0. The summed E-state index contributed by atoms with van der Waals surface area (Å²) in [4.78, 5) is 0. The Morgan fingerprint density at radius 2 is 1.87 bits per heavy atom. The molecule has 1 N–H and O–H groups in total. The molecule has 0 aromatic heterocycles. The van der Waals surface area contributed by atoms with Gasteiger partial charge in [0.2, 0.25) is 0 Å². The van der Waals surface area contributed by atoms with Crippen molar-refractivity contribution in [3.63, 3.8) is 0 Å². The van der Waals surface area contributed by atoms with Gasteiger partial charge in [0, 0.05) is 6.26 Å². The van der Waals surface area contributed by atoms with E-state index in [-0.39, 0.29) is 23.2 Å². The Hall–Kier alpha value is -0.0900. The molecule has 1 fully saturated rings. The predicted octanol–water partition coefficient (Wildman–Crippen LogP) is 1.61. The lowest BCUT2D eigenvalue weighted by atomic mass is 9.81. The molecule has 1 saturated carbocycles. The van der Waals surface area contributed by atoms with Gasteiger partial charge in [-0.3, -0.25) is 0 Å². The molecule has 3 atom stereocenters. The Kier molecular flexibility index (Phi) is 4.18. The molecule has 0 spiro atoms. The van der Waals surface area contributed by atoms with Crippen molar-refractivity contribution in [2.75, 3.05) is 6.26 Å². The molecule has 0 saturated heterocycles. The van der Waals surface area contributed by atoms with Crippen LogP contribution in [0.2, 0.25) is 0 Å². The Morgan fingerprint density at radius 1 is 1.27 bits per heavy atom. The van der Waals surface area contributed by atoms with Crippen molar-refractivity contribution in [2.45, 2.75) is 50.9 Å². The van der Waals surface area contributed by atoms with Crippen LogP contribution in [0.5, 0.6) is 0 Å². The molecular weight excluding hydrogens is 212 g/mol. The van der Waals surface area contributed by atoms with Gasteiger partial charge in [0.05, 0.1) is 11.4 Å². The zero-order valence-corrected chi connectivity index (χ0v) is 10.6. The van der Waals surface area contributed by atoms with Crippen LogP contribution in [0.15, 0.2) is 0 Å². The smallest absolute Gasteiger partial charge is 0.150 e. The van der Waals surface area contributed by atoms with Gasteiger partial charge in [0.1, 0.15) is 9.84 Å². The van der Waals surface area contributed by atoms with Gasteiger partial charge in [0.15, 0.2) is 0 Å². The average molecular weight is 234 g/mol. The lowest BCUT2D eigenvalue weighted by Gasteiger charge is -2.32. The number of aliphatic hydroxyl groups is 1. The molecule has 1 aliphatic rings. The third-order valence-electron chi connectivity index (χ3n) is 3.44. The first-order valence-corrected chi connectivity index (χ1v) is 7.64. The minimum Gasteiger partial charge on any atom is -0.393 e. The zero-order chi connectivity index (χ0) is 11.6. The molecule has 0 amide bonds. The monoisotopic (exact) mass is 234 g/mol. The summed E-state index contributed by atoms with van der Waals surface area (Å²) >= 11 is 0. The van der Waals surface area contributed by atoms with E-state index in [9.17, 15) is 13.5 Å². The van der Waals surface area contributed by atoms with Crippen LogP contribution in [0.3, 0.4) is 0 Å². The van der Waals surface area contributed by atoms with Crippen molar-refractivity contribution in [3.05, 3.63) is 0 Å². The molecule has 1 aliphatic carbocycles. The predicted molar refractivity (Wildman–Crippen MR) is 61.4 cm³/mol. The maximum Gasteiger partial charge on any atom is 0.150 e.